The molecule has 0 fully saturated rings. The van der Waals surface area contributed by atoms with Crippen LogP contribution in [0, 0.1) is 3.57 Å². The number of para-hydroxylation sites is 1. The van der Waals surface area contributed by atoms with E-state index in [-0.39, 0.29) is 9.83 Å². The Morgan fingerprint density at radius 3 is 2.28 bits per heavy atom. The number of carbonyl (C=O) groups is 1. The minimum atomic E-state index is -0.181. The van der Waals surface area contributed by atoms with E-state index in [0.29, 0.717) is 0 Å². The average Bonchev–Trinajstić information content (AvgIpc) is 2.41. The molecule has 2 aromatic carbocycles. The van der Waals surface area contributed by atoms with Gasteiger partial charge in [-0.2, -0.15) is 0 Å². The van der Waals surface area contributed by atoms with Gasteiger partial charge in [0.2, 0.25) is 5.91 Å². The molecule has 0 aromatic heterocycles. The van der Waals surface area contributed by atoms with Crippen LogP contribution in [0.4, 0.5) is 5.69 Å². The fourth-order valence-corrected chi connectivity index (χ4v) is 2.63. The van der Waals surface area contributed by atoms with E-state index in [4.69, 9.17) is 0 Å². The Morgan fingerprint density at radius 1 is 1.00 bits per heavy atom. The van der Waals surface area contributed by atoms with Crippen molar-refractivity contribution >= 4 is 56.8 Å². The SMILES string of the molecule is O=C(Nc1ccccc1I)C(I)c1ccccc1. The third-order valence-electron chi connectivity index (χ3n) is 2.45. The van der Waals surface area contributed by atoms with Gasteiger partial charge in [0.1, 0.15) is 3.92 Å². The molecule has 0 spiro atoms. The number of halogens is 2. The van der Waals surface area contributed by atoms with Crippen LogP contribution in [0.5, 0.6) is 0 Å². The second-order valence-corrected chi connectivity index (χ2v) is 6.15. The summed E-state index contributed by atoms with van der Waals surface area (Å²) in [6.07, 6.45) is 0. The highest BCUT2D eigenvalue weighted by Crippen LogP contribution is 2.26. The first-order chi connectivity index (χ1) is 8.68. The summed E-state index contributed by atoms with van der Waals surface area (Å²) < 4.78 is 0.861. The van der Waals surface area contributed by atoms with Crippen LogP contribution in [-0.2, 0) is 4.79 Å². The Labute approximate surface area is 133 Å². The predicted molar refractivity (Wildman–Crippen MR) is 91.0 cm³/mol. The zero-order valence-corrected chi connectivity index (χ0v) is 13.8. The van der Waals surface area contributed by atoms with E-state index in [2.05, 4.69) is 50.5 Å². The van der Waals surface area contributed by atoms with Gasteiger partial charge >= 0.3 is 0 Å². The maximum Gasteiger partial charge on any atom is 0.241 e. The zero-order chi connectivity index (χ0) is 13.0. The molecule has 0 aliphatic heterocycles. The second kappa shape index (κ2) is 6.51. The molecule has 2 aromatic rings. The van der Waals surface area contributed by atoms with Crippen molar-refractivity contribution in [2.45, 2.75) is 3.92 Å². The smallest absolute Gasteiger partial charge is 0.241 e. The number of carbonyl (C=O) groups excluding carboxylic acids is 1. The average molecular weight is 463 g/mol. The third-order valence-corrected chi connectivity index (χ3v) is 4.68. The van der Waals surface area contributed by atoms with Crippen LogP contribution in [-0.4, -0.2) is 5.91 Å². The van der Waals surface area contributed by atoms with E-state index < -0.39 is 0 Å². The Bertz CT molecular complexity index is 543. The van der Waals surface area contributed by atoms with Gasteiger partial charge in [-0.25, -0.2) is 0 Å². The van der Waals surface area contributed by atoms with Crippen LogP contribution in [0.2, 0.25) is 0 Å². The normalized spacial score (nSPS) is 11.9. The van der Waals surface area contributed by atoms with E-state index in [1.807, 2.05) is 54.6 Å². The van der Waals surface area contributed by atoms with E-state index >= 15 is 0 Å². The van der Waals surface area contributed by atoms with Gasteiger partial charge in [-0.3, -0.25) is 4.79 Å². The van der Waals surface area contributed by atoms with Crippen molar-refractivity contribution in [3.63, 3.8) is 0 Å². The lowest BCUT2D eigenvalue weighted by molar-refractivity contribution is -0.115. The van der Waals surface area contributed by atoms with Gasteiger partial charge in [0.25, 0.3) is 0 Å². The number of nitrogens with one attached hydrogen (secondary N) is 1. The summed E-state index contributed by atoms with van der Waals surface area (Å²) in [5.41, 5.74) is 1.88. The highest BCUT2D eigenvalue weighted by molar-refractivity contribution is 14.1. The molecule has 1 unspecified atom stereocenters. The molecule has 1 amide bonds. The first-order valence-corrected chi connectivity index (χ1v) is 7.75. The van der Waals surface area contributed by atoms with Gasteiger partial charge in [0.15, 0.2) is 0 Å². The monoisotopic (exact) mass is 463 g/mol. The molecule has 0 heterocycles. The van der Waals surface area contributed by atoms with Crippen molar-refractivity contribution in [1.29, 1.82) is 0 Å². The van der Waals surface area contributed by atoms with Crippen molar-refractivity contribution in [3.8, 4) is 0 Å². The van der Waals surface area contributed by atoms with Crippen molar-refractivity contribution in [2.24, 2.45) is 0 Å². The minimum absolute atomic E-state index is 0.00548. The van der Waals surface area contributed by atoms with E-state index in [1.165, 1.54) is 0 Å². The molecule has 4 heteroatoms. The van der Waals surface area contributed by atoms with Gasteiger partial charge in [-0.15, -0.1) is 0 Å². The van der Waals surface area contributed by atoms with Crippen LogP contribution in [0.15, 0.2) is 54.6 Å². The fourth-order valence-electron chi connectivity index (χ4n) is 1.53. The Hall–Kier alpha value is -0.630. The number of benzene rings is 2. The predicted octanol–water partition coefficient (Wildman–Crippen LogP) is 4.41. The number of anilines is 1. The van der Waals surface area contributed by atoms with Crippen molar-refractivity contribution in [2.75, 3.05) is 5.32 Å². The van der Waals surface area contributed by atoms with Gasteiger partial charge in [0, 0.05) is 3.57 Å². The molecular formula is C14H11I2NO. The molecule has 0 aliphatic carbocycles. The maximum atomic E-state index is 12.1. The van der Waals surface area contributed by atoms with Gasteiger partial charge in [-0.05, 0) is 40.3 Å². The van der Waals surface area contributed by atoms with E-state index in [1.54, 1.807) is 0 Å². The van der Waals surface area contributed by atoms with Crippen molar-refractivity contribution in [1.82, 2.24) is 0 Å². The highest BCUT2D eigenvalue weighted by atomic mass is 127. The van der Waals surface area contributed by atoms with Gasteiger partial charge in [-0.1, -0.05) is 65.1 Å². The molecule has 0 radical (unpaired) electrons. The number of hydrogen-bond acceptors (Lipinski definition) is 1. The zero-order valence-electron chi connectivity index (χ0n) is 9.44. The molecule has 0 bridgehead atoms. The third kappa shape index (κ3) is 3.44. The fraction of sp³-hybridized carbons (Fsp3) is 0.0714. The number of rotatable bonds is 3. The summed E-state index contributed by atoms with van der Waals surface area (Å²) in [5.74, 6) is 0.00548. The lowest BCUT2D eigenvalue weighted by atomic mass is 10.1. The van der Waals surface area contributed by atoms with Crippen LogP contribution >= 0.6 is 45.2 Å². The minimum Gasteiger partial charge on any atom is -0.324 e. The van der Waals surface area contributed by atoms with Gasteiger partial charge < -0.3 is 5.32 Å². The topological polar surface area (TPSA) is 29.1 Å². The molecule has 18 heavy (non-hydrogen) atoms. The number of hydrogen-bond donors (Lipinski definition) is 1. The van der Waals surface area contributed by atoms with Crippen molar-refractivity contribution in [3.05, 3.63) is 63.7 Å². The number of alkyl halides is 1. The Morgan fingerprint density at radius 2 is 1.61 bits per heavy atom. The molecule has 2 nitrogen and oxygen atoms in total. The molecular weight excluding hydrogens is 452 g/mol. The van der Waals surface area contributed by atoms with Gasteiger partial charge in [0.05, 0.1) is 5.69 Å². The molecule has 2 rings (SSSR count). The Balaban J connectivity index is 2.12. The largest absolute Gasteiger partial charge is 0.324 e. The summed E-state index contributed by atoms with van der Waals surface area (Å²) >= 11 is 4.37. The van der Waals surface area contributed by atoms with E-state index in [0.717, 1.165) is 14.8 Å². The van der Waals surface area contributed by atoms with Crippen LogP contribution < -0.4 is 5.32 Å². The highest BCUT2D eigenvalue weighted by Gasteiger charge is 2.17. The number of amides is 1. The van der Waals surface area contributed by atoms with Crippen molar-refractivity contribution < 1.29 is 4.79 Å². The summed E-state index contributed by atoms with van der Waals surface area (Å²) in [6, 6.07) is 17.5. The lowest BCUT2D eigenvalue weighted by Gasteiger charge is -2.12. The summed E-state index contributed by atoms with van der Waals surface area (Å²) in [7, 11) is 0. The summed E-state index contributed by atoms with van der Waals surface area (Å²) in [6.45, 7) is 0. The molecule has 92 valence electrons. The molecule has 1 N–H and O–H groups in total. The molecule has 0 aliphatic rings. The molecule has 0 saturated heterocycles. The first-order valence-electron chi connectivity index (χ1n) is 5.43. The maximum absolute atomic E-state index is 12.1. The first kappa shape index (κ1) is 13.8. The standard InChI is InChI=1S/C14H11I2NO/c15-11-8-4-5-9-12(11)17-14(18)13(16)10-6-2-1-3-7-10/h1-9,13H,(H,17,18). The molecule has 1 atom stereocenters. The second-order valence-electron chi connectivity index (χ2n) is 3.74. The van der Waals surface area contributed by atoms with Crippen LogP contribution in [0.1, 0.15) is 9.49 Å². The summed E-state index contributed by atoms with van der Waals surface area (Å²) in [4.78, 5) is 12.1. The lowest BCUT2D eigenvalue weighted by Crippen LogP contribution is -2.17. The van der Waals surface area contributed by atoms with Crippen LogP contribution in [0.25, 0.3) is 0 Å². The molecule has 0 saturated carbocycles. The quantitative estimate of drug-likeness (QED) is 0.531. The Kier molecular flexibility index (Phi) is 4.99. The van der Waals surface area contributed by atoms with Crippen LogP contribution in [0.3, 0.4) is 0 Å². The van der Waals surface area contributed by atoms with E-state index in [9.17, 15) is 4.79 Å². The summed E-state index contributed by atoms with van der Waals surface area (Å²) in [5, 5.41) is 2.95.